The summed E-state index contributed by atoms with van der Waals surface area (Å²) < 4.78 is 2.18. The summed E-state index contributed by atoms with van der Waals surface area (Å²) in [6.45, 7) is 4.18. The number of aromatic nitrogens is 3. The van der Waals surface area contributed by atoms with Gasteiger partial charge in [-0.05, 0) is 50.3 Å². The van der Waals surface area contributed by atoms with Crippen LogP contribution in [-0.2, 0) is 4.79 Å². The summed E-state index contributed by atoms with van der Waals surface area (Å²) >= 11 is 6.19. The molecule has 0 saturated heterocycles. The van der Waals surface area contributed by atoms with Gasteiger partial charge in [0.1, 0.15) is 17.1 Å². The minimum atomic E-state index is 0.0130. The van der Waals surface area contributed by atoms with E-state index >= 15 is 0 Å². The van der Waals surface area contributed by atoms with E-state index in [1.807, 2.05) is 29.3 Å². The molecule has 164 valence electrons. The molecule has 2 heterocycles. The lowest BCUT2D eigenvalue weighted by Gasteiger charge is -2.22. The van der Waals surface area contributed by atoms with Gasteiger partial charge in [-0.25, -0.2) is 9.97 Å². The van der Waals surface area contributed by atoms with Crippen molar-refractivity contribution in [2.45, 2.75) is 39.2 Å². The molecule has 1 aliphatic carbocycles. The first-order chi connectivity index (χ1) is 15.4. The number of amides is 1. The Hall–Kier alpha value is -3.17. The van der Waals surface area contributed by atoms with Gasteiger partial charge in [0.25, 0.3) is 0 Å². The predicted molar refractivity (Wildman–Crippen MR) is 124 cm³/mol. The molecule has 32 heavy (non-hydrogen) atoms. The van der Waals surface area contributed by atoms with Crippen molar-refractivity contribution in [3.05, 3.63) is 59.1 Å². The SMILES string of the molecule is CC(=O)c1cccc(C#CCN(CC2CCC(n3ccc4c(Cl)ncnc43)C2)C(C)=O)c1. The maximum atomic E-state index is 12.2. The summed E-state index contributed by atoms with van der Waals surface area (Å²) in [4.78, 5) is 34.0. The van der Waals surface area contributed by atoms with Gasteiger partial charge < -0.3 is 9.47 Å². The molecule has 0 radical (unpaired) electrons. The zero-order valence-electron chi connectivity index (χ0n) is 18.2. The summed E-state index contributed by atoms with van der Waals surface area (Å²) in [5.74, 6) is 6.62. The summed E-state index contributed by atoms with van der Waals surface area (Å²) in [6.07, 6.45) is 6.58. The molecule has 0 N–H and O–H groups in total. The number of carbonyl (C=O) groups is 2. The Morgan fingerprint density at radius 3 is 2.84 bits per heavy atom. The molecule has 0 bridgehead atoms. The minimum Gasteiger partial charge on any atom is -0.331 e. The molecule has 2 atom stereocenters. The fraction of sp³-hybridized carbons (Fsp3) is 0.360. The maximum absolute atomic E-state index is 12.2. The number of carbonyl (C=O) groups excluding carboxylic acids is 2. The summed E-state index contributed by atoms with van der Waals surface area (Å²) in [7, 11) is 0. The minimum absolute atomic E-state index is 0.0130. The van der Waals surface area contributed by atoms with Crippen LogP contribution in [0.3, 0.4) is 0 Å². The predicted octanol–water partition coefficient (Wildman–Crippen LogP) is 4.53. The van der Waals surface area contributed by atoms with Crippen LogP contribution in [0.5, 0.6) is 0 Å². The van der Waals surface area contributed by atoms with Crippen LogP contribution in [0.1, 0.15) is 55.1 Å². The van der Waals surface area contributed by atoms with Crippen LogP contribution in [0.25, 0.3) is 11.0 Å². The average Bonchev–Trinajstić information content (AvgIpc) is 3.40. The highest BCUT2D eigenvalue weighted by molar-refractivity contribution is 6.33. The van der Waals surface area contributed by atoms with E-state index < -0.39 is 0 Å². The van der Waals surface area contributed by atoms with Crippen molar-refractivity contribution >= 4 is 34.3 Å². The first-order valence-corrected chi connectivity index (χ1v) is 11.1. The lowest BCUT2D eigenvalue weighted by molar-refractivity contribution is -0.128. The number of benzene rings is 1. The van der Waals surface area contributed by atoms with Crippen LogP contribution in [-0.4, -0.2) is 44.2 Å². The van der Waals surface area contributed by atoms with Gasteiger partial charge in [0.2, 0.25) is 5.91 Å². The fourth-order valence-corrected chi connectivity index (χ4v) is 4.56. The molecular formula is C25H25ClN4O2. The van der Waals surface area contributed by atoms with Gasteiger partial charge in [0.15, 0.2) is 5.78 Å². The summed E-state index contributed by atoms with van der Waals surface area (Å²) in [5.41, 5.74) is 2.28. The second-order valence-electron chi connectivity index (χ2n) is 8.30. The zero-order chi connectivity index (χ0) is 22.7. The number of hydrogen-bond acceptors (Lipinski definition) is 4. The number of nitrogens with zero attached hydrogens (tertiary/aromatic N) is 4. The molecule has 4 rings (SSSR count). The van der Waals surface area contributed by atoms with Crippen molar-refractivity contribution in [3.8, 4) is 11.8 Å². The third-order valence-corrected chi connectivity index (χ3v) is 6.36. The number of rotatable bonds is 5. The Balaban J connectivity index is 1.40. The standard InChI is InChI=1S/C25H25ClN4O2/c1-17(31)21-7-3-5-19(13-21)6-4-11-29(18(2)32)15-20-8-9-22(14-20)30-12-10-23-24(26)27-16-28-25(23)30/h3,5,7,10,12-13,16,20,22H,8-9,11,14-15H2,1-2H3. The van der Waals surface area contributed by atoms with Crippen LogP contribution in [0, 0.1) is 17.8 Å². The smallest absolute Gasteiger partial charge is 0.220 e. The van der Waals surface area contributed by atoms with Crippen molar-refractivity contribution in [1.82, 2.24) is 19.4 Å². The number of ketones is 1. The van der Waals surface area contributed by atoms with Gasteiger partial charge in [-0.3, -0.25) is 9.59 Å². The molecule has 3 aromatic rings. The van der Waals surface area contributed by atoms with E-state index in [4.69, 9.17) is 11.6 Å². The zero-order valence-corrected chi connectivity index (χ0v) is 19.0. The Kier molecular flexibility index (Phi) is 6.57. The molecule has 1 fully saturated rings. The van der Waals surface area contributed by atoms with Crippen LogP contribution in [0.2, 0.25) is 5.15 Å². The van der Waals surface area contributed by atoms with Gasteiger partial charge in [-0.2, -0.15) is 0 Å². The monoisotopic (exact) mass is 448 g/mol. The topological polar surface area (TPSA) is 68.1 Å². The number of Topliss-reactive ketones (excluding diaryl/α,β-unsaturated/α-hetero) is 1. The second-order valence-corrected chi connectivity index (χ2v) is 8.65. The van der Waals surface area contributed by atoms with Crippen LogP contribution in [0.4, 0.5) is 0 Å². The highest BCUT2D eigenvalue weighted by Gasteiger charge is 2.29. The van der Waals surface area contributed by atoms with E-state index in [0.29, 0.717) is 35.8 Å². The molecule has 7 heteroatoms. The molecule has 1 aliphatic rings. The van der Waals surface area contributed by atoms with Gasteiger partial charge in [-0.15, -0.1) is 0 Å². The van der Waals surface area contributed by atoms with Crippen molar-refractivity contribution in [3.63, 3.8) is 0 Å². The van der Waals surface area contributed by atoms with Gasteiger partial charge in [0, 0.05) is 36.8 Å². The Morgan fingerprint density at radius 1 is 1.22 bits per heavy atom. The molecular weight excluding hydrogens is 424 g/mol. The lowest BCUT2D eigenvalue weighted by Crippen LogP contribution is -2.33. The second kappa shape index (κ2) is 9.54. The third-order valence-electron chi connectivity index (χ3n) is 6.06. The van der Waals surface area contributed by atoms with E-state index in [1.54, 1.807) is 19.1 Å². The summed E-state index contributed by atoms with van der Waals surface area (Å²) in [6, 6.07) is 9.55. The van der Waals surface area contributed by atoms with Crippen molar-refractivity contribution in [1.29, 1.82) is 0 Å². The molecule has 2 aromatic heterocycles. The van der Waals surface area contributed by atoms with E-state index in [-0.39, 0.29) is 11.7 Å². The van der Waals surface area contributed by atoms with Gasteiger partial charge in [0.05, 0.1) is 11.9 Å². The highest BCUT2D eigenvalue weighted by atomic mass is 35.5. The molecule has 6 nitrogen and oxygen atoms in total. The fourth-order valence-electron chi connectivity index (χ4n) is 4.37. The van der Waals surface area contributed by atoms with E-state index in [9.17, 15) is 9.59 Å². The quantitative estimate of drug-likeness (QED) is 0.326. The number of halogens is 1. The molecule has 0 spiro atoms. The normalized spacial score (nSPS) is 17.7. The van der Waals surface area contributed by atoms with E-state index in [1.165, 1.54) is 13.3 Å². The van der Waals surface area contributed by atoms with Gasteiger partial charge in [-0.1, -0.05) is 35.6 Å². The molecule has 1 amide bonds. The largest absolute Gasteiger partial charge is 0.331 e. The first kappa shape index (κ1) is 22.0. The lowest BCUT2D eigenvalue weighted by atomic mass is 10.1. The van der Waals surface area contributed by atoms with E-state index in [2.05, 4.69) is 26.4 Å². The Morgan fingerprint density at radius 2 is 2.06 bits per heavy atom. The van der Waals surface area contributed by atoms with Crippen LogP contribution in [0.15, 0.2) is 42.9 Å². The van der Waals surface area contributed by atoms with E-state index in [0.717, 1.165) is 35.9 Å². The molecule has 2 unspecified atom stereocenters. The van der Waals surface area contributed by atoms with Crippen LogP contribution < -0.4 is 0 Å². The first-order valence-electron chi connectivity index (χ1n) is 10.7. The number of hydrogen-bond donors (Lipinski definition) is 0. The average molecular weight is 449 g/mol. The Bertz CT molecular complexity index is 1220. The van der Waals surface area contributed by atoms with Crippen LogP contribution >= 0.6 is 11.6 Å². The number of fused-ring (bicyclic) bond motifs is 1. The molecule has 1 saturated carbocycles. The van der Waals surface area contributed by atoms with Crippen molar-refractivity contribution in [2.24, 2.45) is 5.92 Å². The highest BCUT2D eigenvalue weighted by Crippen LogP contribution is 2.37. The Labute approximate surface area is 192 Å². The maximum Gasteiger partial charge on any atom is 0.220 e. The summed E-state index contributed by atoms with van der Waals surface area (Å²) in [5, 5.41) is 1.34. The van der Waals surface area contributed by atoms with Crippen molar-refractivity contribution < 1.29 is 9.59 Å². The molecule has 0 aliphatic heterocycles. The molecule has 1 aromatic carbocycles. The van der Waals surface area contributed by atoms with Gasteiger partial charge >= 0.3 is 0 Å². The third kappa shape index (κ3) is 4.84. The van der Waals surface area contributed by atoms with Crippen molar-refractivity contribution in [2.75, 3.05) is 13.1 Å².